The number of halogens is 1. The number of ether oxygens (including phenoxy) is 1. The maximum Gasteiger partial charge on any atom is 0.368 e. The SMILES string of the molecule is Cn1nnn(-c2cccc(F)c2COc2cc[n-]n2)c1=O.[Y]. The molecule has 22 heavy (non-hydrogen) atoms. The standard InChI is InChI=1S/C12H10FN6O2.Y/c1-18-12(20)19(17-16-18)10-4-2-3-9(13)8(10)7-21-11-5-6-14-15-11;/h2-6H,7H2,1H3;/q-1;. The van der Waals surface area contributed by atoms with Crippen LogP contribution in [-0.2, 0) is 46.4 Å². The molecule has 2 aromatic heterocycles. The molecule has 0 spiro atoms. The van der Waals surface area contributed by atoms with Crippen LogP contribution in [0.25, 0.3) is 5.69 Å². The van der Waals surface area contributed by atoms with E-state index in [-0.39, 0.29) is 56.4 Å². The van der Waals surface area contributed by atoms with Crippen LogP contribution < -0.4 is 15.5 Å². The summed E-state index contributed by atoms with van der Waals surface area (Å²) in [5.74, 6) is -0.236. The van der Waals surface area contributed by atoms with E-state index in [0.717, 1.165) is 9.36 Å². The van der Waals surface area contributed by atoms with Crippen LogP contribution in [0.5, 0.6) is 5.88 Å². The van der Waals surface area contributed by atoms with E-state index in [4.69, 9.17) is 4.74 Å². The van der Waals surface area contributed by atoms with E-state index in [1.165, 1.54) is 25.4 Å². The van der Waals surface area contributed by atoms with Gasteiger partial charge in [-0.25, -0.2) is 9.18 Å². The second kappa shape index (κ2) is 6.93. The van der Waals surface area contributed by atoms with Gasteiger partial charge in [0.25, 0.3) is 0 Å². The molecular formula is C12H10FN6O2Y-. The third kappa shape index (κ3) is 3.15. The van der Waals surface area contributed by atoms with Crippen LogP contribution in [0.1, 0.15) is 5.56 Å². The normalized spacial score (nSPS) is 10.3. The van der Waals surface area contributed by atoms with Crippen molar-refractivity contribution in [3.63, 3.8) is 0 Å². The van der Waals surface area contributed by atoms with Crippen molar-refractivity contribution in [2.75, 3.05) is 0 Å². The predicted molar refractivity (Wildman–Crippen MR) is 68.4 cm³/mol. The molecule has 1 aromatic carbocycles. The number of hydrogen-bond donors (Lipinski definition) is 0. The van der Waals surface area contributed by atoms with Crippen LogP contribution in [0.15, 0.2) is 35.3 Å². The van der Waals surface area contributed by atoms with Crippen LogP contribution in [0.4, 0.5) is 4.39 Å². The van der Waals surface area contributed by atoms with Gasteiger partial charge in [-0.2, -0.15) is 15.6 Å². The summed E-state index contributed by atoms with van der Waals surface area (Å²) >= 11 is 0. The Morgan fingerprint density at radius 3 is 2.77 bits per heavy atom. The minimum absolute atomic E-state index is 0. The van der Waals surface area contributed by atoms with Crippen molar-refractivity contribution >= 4 is 0 Å². The zero-order valence-corrected chi connectivity index (χ0v) is 14.4. The van der Waals surface area contributed by atoms with Crippen LogP contribution >= 0.6 is 0 Å². The minimum atomic E-state index is -0.510. The molecule has 10 heteroatoms. The topological polar surface area (TPSA) is 88.9 Å². The van der Waals surface area contributed by atoms with E-state index < -0.39 is 11.5 Å². The maximum atomic E-state index is 14.0. The van der Waals surface area contributed by atoms with Crippen LogP contribution in [0.3, 0.4) is 0 Å². The van der Waals surface area contributed by atoms with Crippen molar-refractivity contribution in [1.82, 2.24) is 30.0 Å². The fourth-order valence-corrected chi connectivity index (χ4v) is 1.80. The van der Waals surface area contributed by atoms with E-state index in [0.29, 0.717) is 0 Å². The quantitative estimate of drug-likeness (QED) is 0.637. The van der Waals surface area contributed by atoms with Crippen molar-refractivity contribution < 1.29 is 41.8 Å². The smallest absolute Gasteiger partial charge is 0.368 e. The molecule has 0 amide bonds. The van der Waals surface area contributed by atoms with Gasteiger partial charge in [0.05, 0.1) is 11.3 Å². The number of aromatic nitrogens is 6. The molecule has 0 N–H and O–H groups in total. The van der Waals surface area contributed by atoms with E-state index in [1.54, 1.807) is 12.1 Å². The van der Waals surface area contributed by atoms with Gasteiger partial charge in [0, 0.05) is 39.8 Å². The van der Waals surface area contributed by atoms with E-state index in [9.17, 15) is 9.18 Å². The summed E-state index contributed by atoms with van der Waals surface area (Å²) in [6.45, 7) is -0.107. The molecule has 0 fully saturated rings. The van der Waals surface area contributed by atoms with E-state index in [2.05, 4.69) is 20.6 Å². The molecule has 111 valence electrons. The number of hydrogen-bond acceptors (Lipinski definition) is 5. The summed E-state index contributed by atoms with van der Waals surface area (Å²) in [5, 5.41) is 14.6. The number of aryl methyl sites for hydroxylation is 1. The first-order valence-corrected chi connectivity index (χ1v) is 6.01. The van der Waals surface area contributed by atoms with E-state index in [1.807, 2.05) is 0 Å². The van der Waals surface area contributed by atoms with Gasteiger partial charge in [-0.05, 0) is 28.6 Å². The summed E-state index contributed by atoms with van der Waals surface area (Å²) in [6.07, 6.45) is 1.46. The monoisotopic (exact) mass is 378 g/mol. The van der Waals surface area contributed by atoms with Crippen molar-refractivity contribution in [3.8, 4) is 11.6 Å². The van der Waals surface area contributed by atoms with Crippen LogP contribution in [0, 0.1) is 5.82 Å². The molecule has 3 rings (SSSR count). The average Bonchev–Trinajstić information content (AvgIpc) is 3.09. The molecule has 3 aromatic rings. The van der Waals surface area contributed by atoms with Gasteiger partial charge >= 0.3 is 5.69 Å². The Kier molecular flexibility index (Phi) is 5.20. The van der Waals surface area contributed by atoms with Gasteiger partial charge in [0.2, 0.25) is 0 Å². The second-order valence-electron chi connectivity index (χ2n) is 4.19. The molecule has 0 aliphatic rings. The molecule has 0 saturated heterocycles. The largest absolute Gasteiger partial charge is 0.579 e. The summed E-state index contributed by atoms with van der Waals surface area (Å²) in [6, 6.07) is 5.88. The fraction of sp³-hybridized carbons (Fsp3) is 0.167. The zero-order chi connectivity index (χ0) is 14.8. The second-order valence-corrected chi connectivity index (χ2v) is 4.19. The maximum absolute atomic E-state index is 14.0. The van der Waals surface area contributed by atoms with Gasteiger partial charge in [-0.3, -0.25) is 0 Å². The van der Waals surface area contributed by atoms with Crippen LogP contribution in [0.2, 0.25) is 0 Å². The van der Waals surface area contributed by atoms with Crippen LogP contribution in [-0.4, -0.2) is 24.9 Å². The molecule has 0 saturated carbocycles. The molecule has 0 aliphatic carbocycles. The van der Waals surface area contributed by atoms with Crippen molar-refractivity contribution in [3.05, 3.63) is 52.3 Å². The van der Waals surface area contributed by atoms with Gasteiger partial charge in [0.15, 0.2) is 5.88 Å². The summed E-state index contributed by atoms with van der Waals surface area (Å²) in [7, 11) is 1.46. The molecule has 0 bridgehead atoms. The third-order valence-electron chi connectivity index (χ3n) is 2.85. The Hall–Kier alpha value is -1.87. The molecule has 1 radical (unpaired) electrons. The van der Waals surface area contributed by atoms with Gasteiger partial charge in [0.1, 0.15) is 12.4 Å². The Labute approximate surface area is 149 Å². The molecule has 8 nitrogen and oxygen atoms in total. The molecule has 0 aliphatic heterocycles. The first-order chi connectivity index (χ1) is 10.2. The van der Waals surface area contributed by atoms with Crippen molar-refractivity contribution in [2.24, 2.45) is 7.05 Å². The summed E-state index contributed by atoms with van der Waals surface area (Å²) < 4.78 is 21.4. The number of tetrazole rings is 1. The number of rotatable bonds is 4. The van der Waals surface area contributed by atoms with E-state index >= 15 is 0 Å². The Balaban J connectivity index is 0.00000176. The number of nitrogens with zero attached hydrogens (tertiary/aromatic N) is 6. The molecule has 2 heterocycles. The van der Waals surface area contributed by atoms with Gasteiger partial charge < -0.3 is 14.9 Å². The Bertz CT molecular complexity index is 813. The van der Waals surface area contributed by atoms with Gasteiger partial charge in [-0.15, -0.1) is 0 Å². The molecule has 0 unspecified atom stereocenters. The third-order valence-corrected chi connectivity index (χ3v) is 2.85. The van der Waals surface area contributed by atoms with Gasteiger partial charge in [-0.1, -0.05) is 6.07 Å². The minimum Gasteiger partial charge on any atom is -0.579 e. The molecule has 0 atom stereocenters. The van der Waals surface area contributed by atoms with Crippen molar-refractivity contribution in [2.45, 2.75) is 6.61 Å². The molecular weight excluding hydrogens is 368 g/mol. The van der Waals surface area contributed by atoms with Crippen molar-refractivity contribution in [1.29, 1.82) is 0 Å². The average molecular weight is 378 g/mol. The summed E-state index contributed by atoms with van der Waals surface area (Å²) in [5.41, 5.74) is -0.0225. The summed E-state index contributed by atoms with van der Waals surface area (Å²) in [4.78, 5) is 11.9. The number of benzene rings is 1. The predicted octanol–water partition coefficient (Wildman–Crippen LogP) is 0.0338. The zero-order valence-electron chi connectivity index (χ0n) is 11.5. The Morgan fingerprint density at radius 1 is 1.32 bits per heavy atom. The Morgan fingerprint density at radius 2 is 2.14 bits per heavy atom. The first kappa shape index (κ1) is 16.5. The first-order valence-electron chi connectivity index (χ1n) is 6.01. The fourth-order valence-electron chi connectivity index (χ4n) is 1.80.